The Balaban J connectivity index is 0.000000248. The number of halogens is 4. The van der Waals surface area contributed by atoms with Crippen LogP contribution in [0.2, 0.25) is 0 Å². The van der Waals surface area contributed by atoms with E-state index >= 15 is 0 Å². The van der Waals surface area contributed by atoms with Crippen LogP contribution in [0.15, 0.2) is 60.7 Å². The molecule has 0 saturated heterocycles. The molecule has 0 bridgehead atoms. The van der Waals surface area contributed by atoms with Crippen molar-refractivity contribution < 1.29 is 39.3 Å². The summed E-state index contributed by atoms with van der Waals surface area (Å²) in [4.78, 5) is 0. The number of allylic oxidation sites excluding steroid dienone is 8. The van der Waals surface area contributed by atoms with Crippen molar-refractivity contribution in [1.29, 1.82) is 0 Å². The van der Waals surface area contributed by atoms with Crippen molar-refractivity contribution in [3.8, 4) is 0 Å². The van der Waals surface area contributed by atoms with Gasteiger partial charge in [-0.15, -0.1) is 48.2 Å². The van der Waals surface area contributed by atoms with Gasteiger partial charge in [0.2, 0.25) is 0 Å². The van der Waals surface area contributed by atoms with E-state index in [-0.39, 0.29) is 21.7 Å². The van der Waals surface area contributed by atoms with Crippen LogP contribution in [0, 0.1) is 103 Å². The van der Waals surface area contributed by atoms with E-state index in [1.807, 2.05) is 52.0 Å². The van der Waals surface area contributed by atoms with Crippen molar-refractivity contribution in [3.63, 3.8) is 0 Å². The van der Waals surface area contributed by atoms with Crippen molar-refractivity contribution in [3.05, 3.63) is 164 Å². The van der Waals surface area contributed by atoms with E-state index in [1.165, 1.54) is 46.5 Å². The molecule has 2 aromatic heterocycles. The third-order valence-electron chi connectivity index (χ3n) is 8.63. The normalized spacial score (nSPS) is 12.2. The van der Waals surface area contributed by atoms with Crippen molar-refractivity contribution in [2.75, 3.05) is 0 Å². The van der Waals surface area contributed by atoms with Gasteiger partial charge in [0.05, 0.1) is 0 Å². The Labute approximate surface area is 293 Å². The molecule has 0 atom stereocenters. The Kier molecular flexibility index (Phi) is 15.7. The summed E-state index contributed by atoms with van der Waals surface area (Å²) in [5.74, 6) is -2.55. The molecule has 0 fully saturated rings. The predicted octanol–water partition coefficient (Wildman–Crippen LogP) is 10.3. The molecule has 6 rings (SSSR count). The van der Waals surface area contributed by atoms with Gasteiger partial charge in [-0.25, -0.2) is 41.9 Å². The smallest absolute Gasteiger partial charge is 0.356 e. The molecule has 0 amide bonds. The second kappa shape index (κ2) is 18.7. The van der Waals surface area contributed by atoms with Crippen molar-refractivity contribution in [1.82, 2.24) is 9.13 Å². The molecule has 0 aliphatic heterocycles. The van der Waals surface area contributed by atoms with E-state index in [0.29, 0.717) is 24.2 Å². The molecule has 7 heteroatoms. The molecule has 2 aromatic carbocycles. The van der Waals surface area contributed by atoms with E-state index in [2.05, 4.69) is 73.3 Å². The van der Waals surface area contributed by atoms with Gasteiger partial charge in [0.1, 0.15) is 0 Å². The molecular weight excluding hydrogens is 632 g/mol. The van der Waals surface area contributed by atoms with Crippen molar-refractivity contribution in [2.45, 2.75) is 81.3 Å². The minimum absolute atomic E-state index is 0. The van der Waals surface area contributed by atoms with Crippen LogP contribution in [0.1, 0.15) is 69.0 Å². The van der Waals surface area contributed by atoms with Crippen molar-refractivity contribution in [2.24, 2.45) is 0 Å². The van der Waals surface area contributed by atoms with Crippen LogP contribution in [-0.2, 0) is 34.8 Å². The van der Waals surface area contributed by atoms with Gasteiger partial charge in [-0.1, -0.05) is 0 Å². The average molecular weight is 675 g/mol. The Morgan fingerprint density at radius 2 is 0.851 bits per heavy atom. The number of hydrogen-bond donors (Lipinski definition) is 0. The maximum Gasteiger partial charge on any atom is 4.00 e. The van der Waals surface area contributed by atoms with Gasteiger partial charge >= 0.3 is 21.7 Å². The molecule has 0 saturated carbocycles. The summed E-state index contributed by atoms with van der Waals surface area (Å²) in [7, 11) is 0. The van der Waals surface area contributed by atoms with Crippen LogP contribution in [0.5, 0.6) is 0 Å². The SMILES string of the molecule is Cc1c(C)c(C)n(Cc2ccc(F)[c-]c2F)c1C.Cc1c(C)c(C)n(Cc2ccc(F)[c-]c2F)c1C.[C-]1=CC=CC1.[C-]1=CC=CC1.[Ti+4]. The molecular formula is C40H42F4N2Ti. The molecule has 0 spiro atoms. The fourth-order valence-corrected chi connectivity index (χ4v) is 5.09. The molecule has 2 aliphatic rings. The Morgan fingerprint density at radius 3 is 1.06 bits per heavy atom. The van der Waals surface area contributed by atoms with Gasteiger partial charge in [-0.2, -0.15) is 24.3 Å². The number of nitrogens with zero attached hydrogens (tertiary/aromatic N) is 2. The van der Waals surface area contributed by atoms with E-state index in [1.54, 1.807) is 0 Å². The molecule has 2 heterocycles. The molecule has 0 radical (unpaired) electrons. The second-order valence-corrected chi connectivity index (χ2v) is 11.3. The molecule has 47 heavy (non-hydrogen) atoms. The summed E-state index contributed by atoms with van der Waals surface area (Å²) in [6, 6.07) is 9.58. The first-order valence-electron chi connectivity index (χ1n) is 15.2. The van der Waals surface area contributed by atoms with Crippen LogP contribution in [0.4, 0.5) is 17.6 Å². The predicted molar refractivity (Wildman–Crippen MR) is 178 cm³/mol. The zero-order chi connectivity index (χ0) is 34.0. The maximum atomic E-state index is 13.6. The van der Waals surface area contributed by atoms with Crippen molar-refractivity contribution >= 4 is 0 Å². The van der Waals surface area contributed by atoms with Crippen LogP contribution < -0.4 is 0 Å². The average Bonchev–Trinajstić information content (AvgIpc) is 3.86. The van der Waals surface area contributed by atoms with E-state index in [0.717, 1.165) is 35.6 Å². The van der Waals surface area contributed by atoms with Gasteiger partial charge in [0.25, 0.3) is 0 Å². The topological polar surface area (TPSA) is 9.86 Å². The third kappa shape index (κ3) is 10.7. The first kappa shape index (κ1) is 39.6. The zero-order valence-electron chi connectivity index (χ0n) is 28.5. The van der Waals surface area contributed by atoms with Crippen LogP contribution in [0.25, 0.3) is 0 Å². The molecule has 0 N–H and O–H groups in total. The number of hydrogen-bond acceptors (Lipinski definition) is 0. The van der Waals surface area contributed by atoms with Gasteiger partial charge in [-0.05, 0) is 77.6 Å². The Morgan fingerprint density at radius 1 is 0.532 bits per heavy atom. The molecule has 4 aromatic rings. The van der Waals surface area contributed by atoms with Gasteiger partial charge in [-0.3, -0.25) is 12.2 Å². The summed E-state index contributed by atoms with van der Waals surface area (Å²) in [6.07, 6.45) is 20.0. The largest absolute Gasteiger partial charge is 4.00 e. The van der Waals surface area contributed by atoms with Crippen LogP contribution in [-0.4, -0.2) is 9.13 Å². The fraction of sp³-hybridized carbons (Fsp3) is 0.300. The number of benzene rings is 2. The summed E-state index contributed by atoms with van der Waals surface area (Å²) in [5.41, 5.74) is 10.3. The quantitative estimate of drug-likeness (QED) is 0.116. The minimum Gasteiger partial charge on any atom is -0.356 e. The Bertz CT molecular complexity index is 1570. The molecule has 0 unspecified atom stereocenters. The summed E-state index contributed by atoms with van der Waals surface area (Å²) in [6.45, 7) is 17.1. The molecule has 2 nitrogen and oxygen atoms in total. The summed E-state index contributed by atoms with van der Waals surface area (Å²) < 4.78 is 56.9. The third-order valence-corrected chi connectivity index (χ3v) is 8.63. The fourth-order valence-electron chi connectivity index (χ4n) is 5.09. The van der Waals surface area contributed by atoms with E-state index in [4.69, 9.17) is 0 Å². The molecule has 244 valence electrons. The number of rotatable bonds is 4. The minimum atomic E-state index is -0.662. The second-order valence-electron chi connectivity index (χ2n) is 11.3. The monoisotopic (exact) mass is 674 g/mol. The number of aromatic nitrogens is 2. The van der Waals surface area contributed by atoms with E-state index < -0.39 is 23.3 Å². The molecule has 2 aliphatic carbocycles. The summed E-state index contributed by atoms with van der Waals surface area (Å²) >= 11 is 0. The van der Waals surface area contributed by atoms with Gasteiger partial charge < -0.3 is 9.13 Å². The van der Waals surface area contributed by atoms with Gasteiger partial charge in [0, 0.05) is 59.1 Å². The van der Waals surface area contributed by atoms with Crippen LogP contribution in [0.3, 0.4) is 0 Å². The first-order valence-corrected chi connectivity index (χ1v) is 15.2. The van der Waals surface area contributed by atoms with Crippen LogP contribution >= 0.6 is 0 Å². The van der Waals surface area contributed by atoms with Gasteiger partial charge in [0.15, 0.2) is 0 Å². The maximum absolute atomic E-state index is 13.6. The Hall–Kier alpha value is -3.61. The van der Waals surface area contributed by atoms with E-state index in [9.17, 15) is 17.6 Å². The zero-order valence-corrected chi connectivity index (χ0v) is 30.1. The summed E-state index contributed by atoms with van der Waals surface area (Å²) in [5, 5.41) is 0. The first-order chi connectivity index (χ1) is 21.8. The standard InChI is InChI=1S/2C15H16F2N.2C5H5.Ti/c2*1-9-10(2)12(4)18(11(9)3)8-13-5-6-14(16)7-15(13)17;2*1-2-4-5-3-1;/h2*5-6H,8H2,1-4H3;2*1-3H,4H2;/q4*-1;+4.